The third-order valence-electron chi connectivity index (χ3n) is 4.57. The van der Waals surface area contributed by atoms with Crippen LogP contribution in [0.15, 0.2) is 24.3 Å². The number of hydrogen-bond donors (Lipinski definition) is 0. The van der Waals surface area contributed by atoms with Crippen LogP contribution in [-0.4, -0.2) is 0 Å². The zero-order valence-corrected chi connectivity index (χ0v) is 19.2. The van der Waals surface area contributed by atoms with E-state index in [0.717, 1.165) is 0 Å². The van der Waals surface area contributed by atoms with E-state index in [9.17, 15) is 0 Å². The van der Waals surface area contributed by atoms with E-state index in [4.69, 9.17) is 0 Å². The van der Waals surface area contributed by atoms with Crippen molar-refractivity contribution in [1.29, 1.82) is 0 Å². The molecule has 4 aromatic heterocycles. The van der Waals surface area contributed by atoms with Crippen LogP contribution in [0.25, 0.3) is 29.3 Å². The highest BCUT2D eigenvalue weighted by Gasteiger charge is 2.17. The summed E-state index contributed by atoms with van der Waals surface area (Å²) >= 11 is 7.72. The van der Waals surface area contributed by atoms with Gasteiger partial charge in [0.25, 0.3) is 0 Å². The highest BCUT2D eigenvalue weighted by Crippen LogP contribution is 2.47. The van der Waals surface area contributed by atoms with Gasteiger partial charge in [-0.05, 0) is 88.1 Å². The zero-order valence-electron chi connectivity index (χ0n) is 15.9. The number of hydrogen-bond acceptors (Lipinski definition) is 4. The first-order valence-corrected chi connectivity index (χ1v) is 12.0. The molecule has 4 aromatic rings. The van der Waals surface area contributed by atoms with Crippen LogP contribution >= 0.6 is 45.3 Å². The Morgan fingerprint density at radius 1 is 0.423 bits per heavy atom. The Balaban J connectivity index is 1.78. The summed E-state index contributed by atoms with van der Waals surface area (Å²) in [5.74, 6) is 0. The van der Waals surface area contributed by atoms with Crippen molar-refractivity contribution in [3.63, 3.8) is 0 Å². The van der Waals surface area contributed by atoms with Gasteiger partial charge in [-0.1, -0.05) is 0 Å². The summed E-state index contributed by atoms with van der Waals surface area (Å²) in [7, 11) is 0. The SMILES string of the molecule is Cc1cc(C)c(-c2sc(-c3cc(C)c(-c4sc(C)cc4C)s3)cc2C)s1. The van der Waals surface area contributed by atoms with Gasteiger partial charge in [-0.2, -0.15) is 0 Å². The van der Waals surface area contributed by atoms with E-state index in [0.29, 0.717) is 0 Å². The van der Waals surface area contributed by atoms with E-state index in [1.54, 1.807) is 0 Å². The second kappa shape index (κ2) is 6.75. The third-order valence-corrected chi connectivity index (χ3v) is 9.88. The molecule has 0 aromatic carbocycles. The quantitative estimate of drug-likeness (QED) is 0.314. The molecule has 0 saturated carbocycles. The van der Waals surface area contributed by atoms with Gasteiger partial charge in [-0.25, -0.2) is 0 Å². The average Bonchev–Trinajstić information content (AvgIpc) is 3.28. The maximum atomic E-state index is 2.37. The lowest BCUT2D eigenvalue weighted by molar-refractivity contribution is 1.49. The molecule has 4 heteroatoms. The van der Waals surface area contributed by atoms with Crippen molar-refractivity contribution >= 4 is 45.3 Å². The fourth-order valence-corrected chi connectivity index (χ4v) is 8.38. The fourth-order valence-electron chi connectivity index (χ4n) is 3.39. The largest absolute Gasteiger partial charge is 0.139 e. The Hall–Kier alpha value is -1.20. The summed E-state index contributed by atoms with van der Waals surface area (Å²) in [4.78, 5) is 11.3. The molecule has 0 N–H and O–H groups in total. The molecule has 0 saturated heterocycles. The topological polar surface area (TPSA) is 0 Å². The summed E-state index contributed by atoms with van der Waals surface area (Å²) in [5.41, 5.74) is 5.59. The molecule has 0 aliphatic carbocycles. The molecule has 0 radical (unpaired) electrons. The summed E-state index contributed by atoms with van der Waals surface area (Å²) in [5, 5.41) is 0. The van der Waals surface area contributed by atoms with Crippen molar-refractivity contribution in [2.45, 2.75) is 41.5 Å². The van der Waals surface area contributed by atoms with Crippen LogP contribution in [0, 0.1) is 41.5 Å². The highest BCUT2D eigenvalue weighted by molar-refractivity contribution is 7.28. The predicted molar refractivity (Wildman–Crippen MR) is 123 cm³/mol. The highest BCUT2D eigenvalue weighted by atomic mass is 32.1. The number of thiophene rings is 4. The van der Waals surface area contributed by atoms with E-state index in [1.165, 1.54) is 61.3 Å². The van der Waals surface area contributed by atoms with Gasteiger partial charge in [-0.15, -0.1) is 45.3 Å². The maximum Gasteiger partial charge on any atom is 0.0481 e. The molecule has 4 heterocycles. The van der Waals surface area contributed by atoms with Crippen molar-refractivity contribution < 1.29 is 0 Å². The Bertz CT molecular complexity index is 1010. The molecule has 0 atom stereocenters. The van der Waals surface area contributed by atoms with Crippen LogP contribution in [0.4, 0.5) is 0 Å². The van der Waals surface area contributed by atoms with Gasteiger partial charge in [0.05, 0.1) is 0 Å². The average molecular weight is 415 g/mol. The number of aryl methyl sites for hydroxylation is 6. The van der Waals surface area contributed by atoms with E-state index in [2.05, 4.69) is 65.8 Å². The van der Waals surface area contributed by atoms with Crippen LogP contribution in [0.2, 0.25) is 0 Å². The van der Waals surface area contributed by atoms with Crippen LogP contribution in [-0.2, 0) is 0 Å². The minimum absolute atomic E-state index is 1.39. The van der Waals surface area contributed by atoms with Crippen LogP contribution in [0.3, 0.4) is 0 Å². The first-order valence-electron chi connectivity index (χ1n) is 8.69. The molecule has 0 amide bonds. The van der Waals surface area contributed by atoms with E-state index in [-0.39, 0.29) is 0 Å². The summed E-state index contributed by atoms with van der Waals surface area (Å²) in [6, 6.07) is 9.34. The predicted octanol–water partition coefficient (Wildman–Crippen LogP) is 8.78. The van der Waals surface area contributed by atoms with E-state index >= 15 is 0 Å². The first-order chi connectivity index (χ1) is 12.3. The lowest BCUT2D eigenvalue weighted by atomic mass is 10.1. The minimum Gasteiger partial charge on any atom is -0.139 e. The van der Waals surface area contributed by atoms with Gasteiger partial charge in [0.1, 0.15) is 0 Å². The molecule has 4 rings (SSSR count). The lowest BCUT2D eigenvalue weighted by Crippen LogP contribution is -1.72. The van der Waals surface area contributed by atoms with Gasteiger partial charge in [-0.3, -0.25) is 0 Å². The molecule has 134 valence electrons. The van der Waals surface area contributed by atoms with Crippen molar-refractivity contribution in [1.82, 2.24) is 0 Å². The molecule has 0 unspecified atom stereocenters. The van der Waals surface area contributed by atoms with Gasteiger partial charge in [0.2, 0.25) is 0 Å². The molecule has 0 aliphatic rings. The number of rotatable bonds is 3. The fraction of sp³-hybridized carbons (Fsp3) is 0.273. The summed E-state index contributed by atoms with van der Waals surface area (Å²) in [6.45, 7) is 13.4. The molecule has 0 aliphatic heterocycles. The molecule has 0 fully saturated rings. The van der Waals surface area contributed by atoms with Crippen molar-refractivity contribution in [2.75, 3.05) is 0 Å². The van der Waals surface area contributed by atoms with Gasteiger partial charge in [0, 0.05) is 39.0 Å². The third kappa shape index (κ3) is 3.13. The maximum absolute atomic E-state index is 2.37. The van der Waals surface area contributed by atoms with Crippen molar-refractivity contribution in [3.8, 4) is 29.3 Å². The lowest BCUT2D eigenvalue weighted by Gasteiger charge is -1.97. The molecule has 0 spiro atoms. The standard InChI is InChI=1S/C22H22S4/c1-11-7-15(5)23-19(11)21-13(3)9-17(25-21)18-10-14(4)22(26-18)20-12(2)8-16(6)24-20/h7-10H,1-6H3. The van der Waals surface area contributed by atoms with Gasteiger partial charge in [0.15, 0.2) is 0 Å². The van der Waals surface area contributed by atoms with E-state index < -0.39 is 0 Å². The van der Waals surface area contributed by atoms with Gasteiger partial charge < -0.3 is 0 Å². The molecular weight excluding hydrogens is 393 g/mol. The zero-order chi connectivity index (χ0) is 18.6. The van der Waals surface area contributed by atoms with Crippen molar-refractivity contribution in [3.05, 3.63) is 56.3 Å². The molecule has 26 heavy (non-hydrogen) atoms. The summed E-state index contributed by atoms with van der Waals surface area (Å²) < 4.78 is 0. The van der Waals surface area contributed by atoms with Crippen molar-refractivity contribution in [2.24, 2.45) is 0 Å². The second-order valence-electron chi connectivity index (χ2n) is 6.98. The molecule has 0 nitrogen and oxygen atoms in total. The van der Waals surface area contributed by atoms with Crippen LogP contribution in [0.5, 0.6) is 0 Å². The Morgan fingerprint density at radius 2 is 0.731 bits per heavy atom. The Labute approximate surface area is 171 Å². The Kier molecular flexibility index (Phi) is 4.72. The van der Waals surface area contributed by atoms with Crippen LogP contribution in [0.1, 0.15) is 32.0 Å². The monoisotopic (exact) mass is 414 g/mol. The van der Waals surface area contributed by atoms with E-state index in [1.807, 2.05) is 45.3 Å². The van der Waals surface area contributed by atoms with Crippen LogP contribution < -0.4 is 0 Å². The first kappa shape index (κ1) is 18.2. The smallest absolute Gasteiger partial charge is 0.0481 e. The summed E-state index contributed by atoms with van der Waals surface area (Å²) in [6.07, 6.45) is 0. The molecule has 0 bridgehead atoms. The Morgan fingerprint density at radius 3 is 1.04 bits per heavy atom. The second-order valence-corrected chi connectivity index (χ2v) is 11.6. The minimum atomic E-state index is 1.39. The van der Waals surface area contributed by atoms with Gasteiger partial charge >= 0.3 is 0 Å². The molecular formula is C22H22S4. The normalized spacial score (nSPS) is 11.5.